The number of carbonyl (C=O) groups excluding carboxylic acids is 1. The Kier molecular flexibility index (Phi) is 3.89. The Morgan fingerprint density at radius 3 is 2.95 bits per heavy atom. The molecule has 0 bridgehead atoms. The van der Waals surface area contributed by atoms with Crippen LogP contribution in [-0.2, 0) is 11.3 Å². The first kappa shape index (κ1) is 13.4. The van der Waals surface area contributed by atoms with Crippen LogP contribution >= 0.6 is 0 Å². The van der Waals surface area contributed by atoms with E-state index in [0.717, 1.165) is 31.5 Å². The lowest BCUT2D eigenvalue weighted by molar-refractivity contribution is 0.0968. The van der Waals surface area contributed by atoms with Crippen molar-refractivity contribution in [2.45, 2.75) is 31.5 Å². The van der Waals surface area contributed by atoms with Crippen LogP contribution in [0.2, 0.25) is 0 Å². The van der Waals surface area contributed by atoms with Gasteiger partial charge in [-0.2, -0.15) is 0 Å². The minimum Gasteiger partial charge on any atom is -0.445 e. The van der Waals surface area contributed by atoms with Crippen molar-refractivity contribution in [3.63, 3.8) is 0 Å². The van der Waals surface area contributed by atoms with Crippen LogP contribution in [0.1, 0.15) is 18.4 Å². The molecule has 0 aliphatic carbocycles. The molecule has 1 aromatic rings. The topological polar surface area (TPSA) is 58.8 Å². The number of carbonyl (C=O) groups is 1. The van der Waals surface area contributed by atoms with Crippen LogP contribution in [0.5, 0.6) is 0 Å². The summed E-state index contributed by atoms with van der Waals surface area (Å²) in [6.07, 6.45) is 1.77. The van der Waals surface area contributed by atoms with Crippen LogP contribution < -0.4 is 5.73 Å². The summed E-state index contributed by atoms with van der Waals surface area (Å²) in [5.74, 6) is 0. The Labute approximate surface area is 119 Å². The van der Waals surface area contributed by atoms with Crippen LogP contribution in [0, 0.1) is 0 Å². The van der Waals surface area contributed by atoms with Gasteiger partial charge in [0.1, 0.15) is 6.61 Å². The third kappa shape index (κ3) is 2.94. The lowest BCUT2D eigenvalue weighted by Crippen LogP contribution is -2.44. The van der Waals surface area contributed by atoms with E-state index >= 15 is 0 Å². The largest absolute Gasteiger partial charge is 0.445 e. The van der Waals surface area contributed by atoms with Gasteiger partial charge in [0.2, 0.25) is 0 Å². The number of hydrogen-bond donors (Lipinski definition) is 1. The summed E-state index contributed by atoms with van der Waals surface area (Å²) >= 11 is 0. The normalized spacial score (nSPS) is 26.4. The molecule has 2 aliphatic rings. The molecule has 0 saturated carbocycles. The minimum atomic E-state index is -0.225. The number of nitrogens with two attached hydrogens (primary N) is 1. The molecular weight excluding hydrogens is 254 g/mol. The first-order chi connectivity index (χ1) is 9.72. The highest BCUT2D eigenvalue weighted by molar-refractivity contribution is 5.68. The van der Waals surface area contributed by atoms with E-state index in [1.54, 1.807) is 4.90 Å². The third-order valence-electron chi connectivity index (χ3n) is 4.13. The van der Waals surface area contributed by atoms with Gasteiger partial charge in [-0.05, 0) is 18.4 Å². The summed E-state index contributed by atoms with van der Waals surface area (Å²) in [6, 6.07) is 10.4. The van der Waals surface area contributed by atoms with Gasteiger partial charge in [-0.15, -0.1) is 0 Å². The second kappa shape index (κ2) is 5.81. The predicted molar refractivity (Wildman–Crippen MR) is 75.9 cm³/mol. The van der Waals surface area contributed by atoms with Crippen LogP contribution in [-0.4, -0.2) is 47.7 Å². The van der Waals surface area contributed by atoms with E-state index in [1.807, 2.05) is 30.3 Å². The molecule has 2 saturated heterocycles. The number of amides is 1. The fraction of sp³-hybridized carbons (Fsp3) is 0.533. The number of ether oxygens (including phenoxy) is 1. The van der Waals surface area contributed by atoms with Crippen LogP contribution in [0.4, 0.5) is 4.79 Å². The fourth-order valence-corrected chi connectivity index (χ4v) is 2.98. The van der Waals surface area contributed by atoms with Crippen molar-refractivity contribution in [3.05, 3.63) is 35.9 Å². The fourth-order valence-electron chi connectivity index (χ4n) is 2.98. The van der Waals surface area contributed by atoms with Crippen LogP contribution in [0.25, 0.3) is 0 Å². The van der Waals surface area contributed by atoms with Gasteiger partial charge >= 0.3 is 6.09 Å². The maximum atomic E-state index is 12.1. The summed E-state index contributed by atoms with van der Waals surface area (Å²) in [6.45, 7) is 2.72. The average molecular weight is 275 g/mol. The maximum absolute atomic E-state index is 12.1. The van der Waals surface area contributed by atoms with Crippen molar-refractivity contribution in [2.24, 2.45) is 5.73 Å². The molecule has 3 rings (SSSR count). The molecule has 1 aromatic carbocycles. The Morgan fingerprint density at radius 1 is 1.35 bits per heavy atom. The summed E-state index contributed by atoms with van der Waals surface area (Å²) < 4.78 is 5.37. The van der Waals surface area contributed by atoms with Gasteiger partial charge < -0.3 is 10.5 Å². The molecule has 0 radical (unpaired) electrons. The van der Waals surface area contributed by atoms with Crippen molar-refractivity contribution in [3.8, 4) is 0 Å². The Morgan fingerprint density at radius 2 is 2.15 bits per heavy atom. The first-order valence-electron chi connectivity index (χ1n) is 7.17. The van der Waals surface area contributed by atoms with Crippen LogP contribution in [0.15, 0.2) is 30.3 Å². The molecule has 2 heterocycles. The minimum absolute atomic E-state index is 0.225. The average Bonchev–Trinajstić information content (AvgIpc) is 2.89. The van der Waals surface area contributed by atoms with E-state index in [-0.39, 0.29) is 12.1 Å². The number of nitrogens with zero attached hydrogens (tertiary/aromatic N) is 2. The molecule has 2 unspecified atom stereocenters. The molecule has 2 atom stereocenters. The summed E-state index contributed by atoms with van der Waals surface area (Å²) in [4.78, 5) is 16.2. The smallest absolute Gasteiger partial charge is 0.411 e. The van der Waals surface area contributed by atoms with Gasteiger partial charge in [0.25, 0.3) is 0 Å². The summed E-state index contributed by atoms with van der Waals surface area (Å²) in [5, 5.41) is 0. The quantitative estimate of drug-likeness (QED) is 0.886. The monoisotopic (exact) mass is 275 g/mol. The molecule has 20 heavy (non-hydrogen) atoms. The van der Waals surface area contributed by atoms with E-state index in [1.165, 1.54) is 0 Å². The number of benzene rings is 1. The standard InChI is InChI=1S/C15H21N3O2/c16-13-6-7-17-11-18(9-14(17)8-13)15(19)20-10-12-4-2-1-3-5-12/h1-5,13-14H,6-11,16H2. The maximum Gasteiger partial charge on any atom is 0.411 e. The van der Waals surface area contributed by atoms with Crippen LogP contribution in [0.3, 0.4) is 0 Å². The highest BCUT2D eigenvalue weighted by atomic mass is 16.6. The Hall–Kier alpha value is -1.59. The number of rotatable bonds is 2. The highest BCUT2D eigenvalue weighted by Crippen LogP contribution is 2.23. The summed E-state index contributed by atoms with van der Waals surface area (Å²) in [5.41, 5.74) is 7.00. The molecule has 5 nitrogen and oxygen atoms in total. The van der Waals surface area contributed by atoms with Crippen molar-refractivity contribution in [2.75, 3.05) is 19.8 Å². The van der Waals surface area contributed by atoms with E-state index in [2.05, 4.69) is 4.90 Å². The van der Waals surface area contributed by atoms with Gasteiger partial charge in [0, 0.05) is 25.2 Å². The molecule has 1 amide bonds. The zero-order valence-corrected chi connectivity index (χ0v) is 11.6. The first-order valence-corrected chi connectivity index (χ1v) is 7.17. The molecule has 0 aromatic heterocycles. The summed E-state index contributed by atoms with van der Waals surface area (Å²) in [7, 11) is 0. The molecule has 2 fully saturated rings. The Bertz CT molecular complexity index is 465. The molecule has 2 N–H and O–H groups in total. The van der Waals surface area contributed by atoms with Gasteiger partial charge in [0.05, 0.1) is 6.67 Å². The van der Waals surface area contributed by atoms with Crippen molar-refractivity contribution >= 4 is 6.09 Å². The second-order valence-electron chi connectivity index (χ2n) is 5.65. The van der Waals surface area contributed by atoms with E-state index in [4.69, 9.17) is 10.5 Å². The third-order valence-corrected chi connectivity index (χ3v) is 4.13. The van der Waals surface area contributed by atoms with Gasteiger partial charge in [-0.1, -0.05) is 30.3 Å². The zero-order chi connectivity index (χ0) is 13.9. The Balaban J connectivity index is 1.51. The van der Waals surface area contributed by atoms with E-state index in [0.29, 0.717) is 19.3 Å². The molecule has 2 aliphatic heterocycles. The van der Waals surface area contributed by atoms with Crippen molar-refractivity contribution < 1.29 is 9.53 Å². The number of hydrogen-bond acceptors (Lipinski definition) is 4. The van der Waals surface area contributed by atoms with Crippen molar-refractivity contribution in [1.82, 2.24) is 9.80 Å². The highest BCUT2D eigenvalue weighted by Gasteiger charge is 2.37. The number of piperidine rings is 1. The SMILES string of the molecule is NC1CCN2CN(C(=O)OCc3ccccc3)CC2C1. The molecule has 108 valence electrons. The number of fused-ring (bicyclic) bond motifs is 1. The molecule has 5 heteroatoms. The second-order valence-corrected chi connectivity index (χ2v) is 5.65. The zero-order valence-electron chi connectivity index (χ0n) is 11.6. The van der Waals surface area contributed by atoms with Gasteiger partial charge in [-0.3, -0.25) is 9.80 Å². The van der Waals surface area contributed by atoms with E-state index in [9.17, 15) is 4.79 Å². The van der Waals surface area contributed by atoms with Gasteiger partial charge in [-0.25, -0.2) is 4.79 Å². The van der Waals surface area contributed by atoms with Crippen molar-refractivity contribution in [1.29, 1.82) is 0 Å². The lowest BCUT2D eigenvalue weighted by Gasteiger charge is -2.31. The molecular formula is C15H21N3O2. The molecule has 0 spiro atoms. The van der Waals surface area contributed by atoms with E-state index < -0.39 is 0 Å². The lowest BCUT2D eigenvalue weighted by atomic mass is 10.00. The van der Waals surface area contributed by atoms with Gasteiger partial charge in [0.15, 0.2) is 0 Å². The predicted octanol–water partition coefficient (Wildman–Crippen LogP) is 1.39.